The Morgan fingerprint density at radius 2 is 1.81 bits per heavy atom. The summed E-state index contributed by atoms with van der Waals surface area (Å²) >= 11 is 0. The Bertz CT molecular complexity index is 420. The van der Waals surface area contributed by atoms with Crippen LogP contribution in [0.3, 0.4) is 0 Å². The van der Waals surface area contributed by atoms with Crippen LogP contribution in [-0.2, 0) is 20.9 Å². The fraction of sp³-hybridized carbons (Fsp3) is 0.500. The molecule has 0 aliphatic carbocycles. The lowest BCUT2D eigenvalue weighted by Crippen LogP contribution is -2.02. The van der Waals surface area contributed by atoms with Crippen molar-refractivity contribution in [1.82, 2.24) is 0 Å². The quantitative estimate of drug-likeness (QED) is 0.746. The molecule has 1 aromatic rings. The molecule has 0 amide bonds. The van der Waals surface area contributed by atoms with Gasteiger partial charge in [0.1, 0.15) is 0 Å². The lowest BCUT2D eigenvalue weighted by atomic mass is 9.98. The van der Waals surface area contributed by atoms with E-state index >= 15 is 0 Å². The van der Waals surface area contributed by atoms with Crippen molar-refractivity contribution in [2.24, 2.45) is 0 Å². The molecule has 0 aliphatic rings. The third-order valence-electron chi connectivity index (χ3n) is 2.60. The second kappa shape index (κ2) is 5.46. The molecule has 16 heavy (non-hydrogen) atoms. The summed E-state index contributed by atoms with van der Waals surface area (Å²) in [5.74, 6) is 0.532. The molecule has 0 saturated carbocycles. The normalized spacial score (nSPS) is 13.7. The fourth-order valence-electron chi connectivity index (χ4n) is 1.35. The van der Waals surface area contributed by atoms with Gasteiger partial charge in [0, 0.05) is 0 Å². The van der Waals surface area contributed by atoms with Crippen molar-refractivity contribution in [3.63, 3.8) is 0 Å². The summed E-state index contributed by atoms with van der Waals surface area (Å²) in [5.41, 5.74) is 2.14. The minimum absolute atomic E-state index is 0.111. The molecular formula is C12H18O3S. The molecule has 4 heteroatoms. The van der Waals surface area contributed by atoms with Crippen molar-refractivity contribution in [3.8, 4) is 0 Å². The molecule has 1 aromatic carbocycles. The van der Waals surface area contributed by atoms with Crippen molar-refractivity contribution < 1.29 is 12.6 Å². The van der Waals surface area contributed by atoms with E-state index < -0.39 is 10.1 Å². The third kappa shape index (κ3) is 4.33. The van der Waals surface area contributed by atoms with Crippen LogP contribution in [0.5, 0.6) is 0 Å². The van der Waals surface area contributed by atoms with Crippen molar-refractivity contribution in [2.75, 3.05) is 6.26 Å². The first-order valence-corrected chi connectivity index (χ1v) is 7.17. The largest absolute Gasteiger partial charge is 0.265 e. The lowest BCUT2D eigenvalue weighted by Gasteiger charge is -2.09. The van der Waals surface area contributed by atoms with Gasteiger partial charge in [-0.25, -0.2) is 0 Å². The van der Waals surface area contributed by atoms with Gasteiger partial charge >= 0.3 is 0 Å². The fourth-order valence-corrected chi connectivity index (χ4v) is 1.70. The lowest BCUT2D eigenvalue weighted by molar-refractivity contribution is 0.311. The van der Waals surface area contributed by atoms with Crippen molar-refractivity contribution in [3.05, 3.63) is 35.4 Å². The zero-order valence-electron chi connectivity index (χ0n) is 9.93. The van der Waals surface area contributed by atoms with Crippen LogP contribution in [0.4, 0.5) is 0 Å². The summed E-state index contributed by atoms with van der Waals surface area (Å²) in [5, 5.41) is 0. The van der Waals surface area contributed by atoms with Gasteiger partial charge in [-0.1, -0.05) is 38.1 Å². The summed E-state index contributed by atoms with van der Waals surface area (Å²) in [7, 11) is -3.35. The van der Waals surface area contributed by atoms with Gasteiger partial charge in [0.05, 0.1) is 12.9 Å². The third-order valence-corrected chi connectivity index (χ3v) is 3.15. The monoisotopic (exact) mass is 242 g/mol. The van der Waals surface area contributed by atoms with Gasteiger partial charge in [0.15, 0.2) is 0 Å². The van der Waals surface area contributed by atoms with Crippen LogP contribution in [-0.4, -0.2) is 14.7 Å². The van der Waals surface area contributed by atoms with E-state index in [1.165, 1.54) is 5.56 Å². The number of hydrogen-bond donors (Lipinski definition) is 0. The van der Waals surface area contributed by atoms with Gasteiger partial charge < -0.3 is 0 Å². The summed E-state index contributed by atoms with van der Waals surface area (Å²) in [6, 6.07) is 7.86. The van der Waals surface area contributed by atoms with Crippen LogP contribution < -0.4 is 0 Å². The molecule has 0 bridgehead atoms. The van der Waals surface area contributed by atoms with E-state index in [1.54, 1.807) is 0 Å². The zero-order valence-corrected chi connectivity index (χ0v) is 10.8. The van der Waals surface area contributed by atoms with Gasteiger partial charge in [0.2, 0.25) is 0 Å². The predicted octanol–water partition coefficient (Wildman–Crippen LogP) is 2.68. The Kier molecular flexibility index (Phi) is 4.50. The molecule has 0 fully saturated rings. The first-order valence-electron chi connectivity index (χ1n) is 5.35. The molecule has 0 aliphatic heterocycles. The SMILES string of the molecule is CCC(C)c1ccc(COS(C)(=O)=O)cc1. The van der Waals surface area contributed by atoms with E-state index in [2.05, 4.69) is 13.8 Å². The molecule has 0 aromatic heterocycles. The van der Waals surface area contributed by atoms with E-state index in [4.69, 9.17) is 4.18 Å². The topological polar surface area (TPSA) is 43.4 Å². The van der Waals surface area contributed by atoms with Crippen LogP contribution in [0, 0.1) is 0 Å². The van der Waals surface area contributed by atoms with Crippen LogP contribution in [0.2, 0.25) is 0 Å². The maximum Gasteiger partial charge on any atom is 0.264 e. The van der Waals surface area contributed by atoms with Crippen LogP contribution >= 0.6 is 0 Å². The molecule has 0 heterocycles. The minimum Gasteiger partial charge on any atom is -0.265 e. The van der Waals surface area contributed by atoms with E-state index in [1.807, 2.05) is 24.3 Å². The highest BCUT2D eigenvalue weighted by atomic mass is 32.2. The van der Waals surface area contributed by atoms with Gasteiger partial charge in [-0.2, -0.15) is 8.42 Å². The molecule has 0 saturated heterocycles. The predicted molar refractivity (Wildman–Crippen MR) is 64.8 cm³/mol. The summed E-state index contributed by atoms with van der Waals surface area (Å²) < 4.78 is 26.3. The molecule has 1 unspecified atom stereocenters. The molecule has 0 spiro atoms. The Morgan fingerprint density at radius 1 is 1.25 bits per heavy atom. The highest BCUT2D eigenvalue weighted by Gasteiger charge is 2.04. The summed E-state index contributed by atoms with van der Waals surface area (Å²) in [4.78, 5) is 0. The summed E-state index contributed by atoms with van der Waals surface area (Å²) in [6.07, 6.45) is 2.15. The molecule has 0 radical (unpaired) electrons. The van der Waals surface area contributed by atoms with Crippen molar-refractivity contribution in [2.45, 2.75) is 32.8 Å². The Balaban J connectivity index is 2.65. The molecule has 3 nitrogen and oxygen atoms in total. The van der Waals surface area contributed by atoms with Gasteiger partial charge in [-0.15, -0.1) is 0 Å². The van der Waals surface area contributed by atoms with Crippen LogP contribution in [0.15, 0.2) is 24.3 Å². The second-order valence-electron chi connectivity index (χ2n) is 4.02. The zero-order chi connectivity index (χ0) is 12.2. The average Bonchev–Trinajstić information content (AvgIpc) is 2.25. The molecule has 0 N–H and O–H groups in total. The van der Waals surface area contributed by atoms with Crippen LogP contribution in [0.1, 0.15) is 37.3 Å². The Morgan fingerprint density at radius 3 is 2.25 bits per heavy atom. The van der Waals surface area contributed by atoms with E-state index in [0.29, 0.717) is 5.92 Å². The number of benzene rings is 1. The van der Waals surface area contributed by atoms with Gasteiger partial charge in [-0.05, 0) is 23.5 Å². The van der Waals surface area contributed by atoms with Crippen molar-refractivity contribution in [1.29, 1.82) is 0 Å². The molecule has 90 valence electrons. The molecular weight excluding hydrogens is 224 g/mol. The van der Waals surface area contributed by atoms with Gasteiger partial charge in [0.25, 0.3) is 10.1 Å². The first-order chi connectivity index (χ1) is 7.42. The smallest absolute Gasteiger partial charge is 0.264 e. The number of rotatable bonds is 5. The van der Waals surface area contributed by atoms with Crippen molar-refractivity contribution >= 4 is 10.1 Å². The first kappa shape index (κ1) is 13.2. The van der Waals surface area contributed by atoms with Gasteiger partial charge in [-0.3, -0.25) is 4.18 Å². The maximum atomic E-state index is 10.8. The highest BCUT2D eigenvalue weighted by Crippen LogP contribution is 2.19. The van der Waals surface area contributed by atoms with E-state index in [-0.39, 0.29) is 6.61 Å². The molecule has 1 rings (SSSR count). The Hall–Kier alpha value is -0.870. The molecule has 1 atom stereocenters. The maximum absolute atomic E-state index is 10.8. The average molecular weight is 242 g/mol. The van der Waals surface area contributed by atoms with E-state index in [0.717, 1.165) is 18.2 Å². The van der Waals surface area contributed by atoms with E-state index in [9.17, 15) is 8.42 Å². The highest BCUT2D eigenvalue weighted by molar-refractivity contribution is 7.85. The Labute approximate surface area is 97.6 Å². The van der Waals surface area contributed by atoms with Crippen LogP contribution in [0.25, 0.3) is 0 Å². The second-order valence-corrected chi connectivity index (χ2v) is 5.66. The minimum atomic E-state index is -3.35. The summed E-state index contributed by atoms with van der Waals surface area (Å²) in [6.45, 7) is 4.42. The standard InChI is InChI=1S/C12H18O3S/c1-4-10(2)12-7-5-11(6-8-12)9-15-16(3,13)14/h5-8,10H,4,9H2,1-3H3. The number of hydrogen-bond acceptors (Lipinski definition) is 3.